The third kappa shape index (κ3) is 4.00. The number of nitrogens with one attached hydrogen (secondary N) is 1. The molecule has 0 spiro atoms. The normalized spacial score (nSPS) is 11.9. The second-order valence-corrected chi connectivity index (χ2v) is 6.19. The molecule has 6 heteroatoms. The van der Waals surface area contributed by atoms with Gasteiger partial charge in [-0.15, -0.1) is 0 Å². The Morgan fingerprint density at radius 3 is 2.30 bits per heavy atom. The van der Waals surface area contributed by atoms with Gasteiger partial charge in [0.1, 0.15) is 11.3 Å². The molecule has 0 aliphatic heterocycles. The fourth-order valence-electron chi connectivity index (χ4n) is 3.00. The maximum Gasteiger partial charge on any atom is 0.225 e. The molecule has 3 rings (SSSR count). The highest BCUT2D eigenvalue weighted by Gasteiger charge is 2.17. The molecule has 6 nitrogen and oxygen atoms in total. The summed E-state index contributed by atoms with van der Waals surface area (Å²) in [5.74, 6) is 2.13. The summed E-state index contributed by atoms with van der Waals surface area (Å²) in [6, 6.07) is 13.0. The van der Waals surface area contributed by atoms with Crippen molar-refractivity contribution in [3.63, 3.8) is 0 Å². The van der Waals surface area contributed by atoms with Crippen LogP contribution in [0.3, 0.4) is 0 Å². The van der Waals surface area contributed by atoms with E-state index in [0.717, 1.165) is 22.3 Å². The molecule has 142 valence electrons. The molecule has 2 aromatic carbocycles. The van der Waals surface area contributed by atoms with Gasteiger partial charge >= 0.3 is 0 Å². The molecule has 0 aliphatic carbocycles. The summed E-state index contributed by atoms with van der Waals surface area (Å²) in [6.07, 6.45) is 0.182. The van der Waals surface area contributed by atoms with E-state index in [-0.39, 0.29) is 18.4 Å². The molecule has 0 bridgehead atoms. The van der Waals surface area contributed by atoms with Gasteiger partial charge in [0, 0.05) is 5.39 Å². The summed E-state index contributed by atoms with van der Waals surface area (Å²) in [6.45, 7) is 1.89. The van der Waals surface area contributed by atoms with E-state index in [4.69, 9.17) is 18.6 Å². The van der Waals surface area contributed by atoms with Crippen LogP contribution in [0.1, 0.15) is 24.3 Å². The number of fused-ring (bicyclic) bond motifs is 1. The van der Waals surface area contributed by atoms with Crippen LogP contribution in [0.25, 0.3) is 11.0 Å². The van der Waals surface area contributed by atoms with Crippen molar-refractivity contribution in [1.82, 2.24) is 5.32 Å². The lowest BCUT2D eigenvalue weighted by atomic mass is 10.1. The summed E-state index contributed by atoms with van der Waals surface area (Å²) in [5, 5.41) is 3.98. The van der Waals surface area contributed by atoms with E-state index >= 15 is 0 Å². The first kappa shape index (κ1) is 18.6. The maximum atomic E-state index is 12.5. The number of ether oxygens (including phenoxy) is 3. The van der Waals surface area contributed by atoms with E-state index in [1.54, 1.807) is 33.5 Å². The zero-order valence-electron chi connectivity index (χ0n) is 15.9. The summed E-state index contributed by atoms with van der Waals surface area (Å²) in [7, 11) is 4.64. The van der Waals surface area contributed by atoms with Crippen LogP contribution in [-0.2, 0) is 11.2 Å². The first-order chi connectivity index (χ1) is 13.0. The van der Waals surface area contributed by atoms with E-state index in [9.17, 15) is 4.79 Å². The highest BCUT2D eigenvalue weighted by Crippen LogP contribution is 2.38. The van der Waals surface area contributed by atoms with Gasteiger partial charge in [-0.1, -0.05) is 18.2 Å². The smallest absolute Gasteiger partial charge is 0.225 e. The fourth-order valence-corrected chi connectivity index (χ4v) is 3.00. The molecular weight excluding hydrogens is 346 g/mol. The highest BCUT2D eigenvalue weighted by atomic mass is 16.5. The van der Waals surface area contributed by atoms with Gasteiger partial charge in [-0.25, -0.2) is 0 Å². The van der Waals surface area contributed by atoms with Crippen molar-refractivity contribution in [1.29, 1.82) is 0 Å². The Balaban J connectivity index is 1.73. The van der Waals surface area contributed by atoms with Crippen LogP contribution >= 0.6 is 0 Å². The first-order valence-corrected chi connectivity index (χ1v) is 8.62. The van der Waals surface area contributed by atoms with E-state index in [1.807, 2.05) is 37.3 Å². The quantitative estimate of drug-likeness (QED) is 0.684. The number of benzene rings is 2. The van der Waals surface area contributed by atoms with E-state index < -0.39 is 0 Å². The third-order valence-electron chi connectivity index (χ3n) is 4.34. The van der Waals surface area contributed by atoms with Crippen LogP contribution in [0, 0.1) is 0 Å². The zero-order valence-corrected chi connectivity index (χ0v) is 15.9. The highest BCUT2D eigenvalue weighted by molar-refractivity contribution is 5.80. The Labute approximate surface area is 158 Å². The molecule has 3 aromatic rings. The lowest BCUT2D eigenvalue weighted by molar-refractivity contribution is -0.121. The van der Waals surface area contributed by atoms with Crippen LogP contribution in [0.2, 0.25) is 0 Å². The minimum Gasteiger partial charge on any atom is -0.493 e. The van der Waals surface area contributed by atoms with Gasteiger partial charge in [0.25, 0.3) is 0 Å². The van der Waals surface area contributed by atoms with Gasteiger partial charge in [0.05, 0.1) is 33.8 Å². The maximum absolute atomic E-state index is 12.5. The number of amides is 1. The molecule has 1 aromatic heterocycles. The van der Waals surface area contributed by atoms with Gasteiger partial charge in [-0.2, -0.15) is 0 Å². The molecule has 27 heavy (non-hydrogen) atoms. The van der Waals surface area contributed by atoms with Gasteiger partial charge in [0.2, 0.25) is 11.7 Å². The molecule has 0 radical (unpaired) electrons. The predicted molar refractivity (Wildman–Crippen MR) is 103 cm³/mol. The van der Waals surface area contributed by atoms with Crippen molar-refractivity contribution in [2.45, 2.75) is 19.4 Å². The minimum absolute atomic E-state index is 0.128. The molecule has 1 amide bonds. The van der Waals surface area contributed by atoms with Gasteiger partial charge in [-0.3, -0.25) is 4.79 Å². The monoisotopic (exact) mass is 369 g/mol. The van der Waals surface area contributed by atoms with E-state index in [0.29, 0.717) is 17.2 Å². The SMILES string of the molecule is COc1cc(CC(=O)NC(C)c2cc3ccccc3o2)cc(OC)c1OC. The zero-order chi connectivity index (χ0) is 19.4. The summed E-state index contributed by atoms with van der Waals surface area (Å²) < 4.78 is 21.8. The number of methoxy groups -OCH3 is 3. The van der Waals surface area contributed by atoms with Crippen molar-refractivity contribution < 1.29 is 23.4 Å². The Bertz CT molecular complexity index is 889. The van der Waals surface area contributed by atoms with E-state index in [2.05, 4.69) is 5.32 Å². The summed E-state index contributed by atoms with van der Waals surface area (Å²) >= 11 is 0. The second kappa shape index (κ2) is 8.03. The Morgan fingerprint density at radius 1 is 1.04 bits per heavy atom. The minimum atomic E-state index is -0.244. The van der Waals surface area contributed by atoms with Crippen molar-refractivity contribution in [2.24, 2.45) is 0 Å². The van der Waals surface area contributed by atoms with Crippen molar-refractivity contribution >= 4 is 16.9 Å². The molecule has 0 aliphatic rings. The molecular formula is C21H23NO5. The Morgan fingerprint density at radius 2 is 1.70 bits per heavy atom. The van der Waals surface area contributed by atoms with Crippen LogP contribution in [0.5, 0.6) is 17.2 Å². The lowest BCUT2D eigenvalue weighted by Crippen LogP contribution is -2.27. The average molecular weight is 369 g/mol. The predicted octanol–water partition coefficient (Wildman–Crippen LogP) is 3.88. The Hall–Kier alpha value is -3.15. The first-order valence-electron chi connectivity index (χ1n) is 8.62. The number of furan rings is 1. The molecule has 0 saturated heterocycles. The van der Waals surface area contributed by atoms with Gasteiger partial charge in [-0.05, 0) is 36.8 Å². The van der Waals surface area contributed by atoms with Crippen molar-refractivity contribution in [2.75, 3.05) is 21.3 Å². The lowest BCUT2D eigenvalue weighted by Gasteiger charge is -2.15. The van der Waals surface area contributed by atoms with Crippen molar-refractivity contribution in [3.05, 3.63) is 53.8 Å². The van der Waals surface area contributed by atoms with Crippen LogP contribution in [0.15, 0.2) is 46.9 Å². The van der Waals surface area contributed by atoms with E-state index in [1.165, 1.54) is 0 Å². The van der Waals surface area contributed by atoms with Gasteiger partial charge in [0.15, 0.2) is 11.5 Å². The fraction of sp³-hybridized carbons (Fsp3) is 0.286. The largest absolute Gasteiger partial charge is 0.493 e. The standard InChI is InChI=1S/C21H23NO5/c1-13(17-12-15-7-5-6-8-16(15)27-17)22-20(23)11-14-9-18(24-2)21(26-4)19(10-14)25-3/h5-10,12-13H,11H2,1-4H3,(H,22,23). The number of hydrogen-bond acceptors (Lipinski definition) is 5. The number of carbonyl (C=O) groups is 1. The Kier molecular flexibility index (Phi) is 5.54. The number of hydrogen-bond donors (Lipinski definition) is 1. The number of para-hydroxylation sites is 1. The van der Waals surface area contributed by atoms with Crippen LogP contribution in [0.4, 0.5) is 0 Å². The molecule has 0 fully saturated rings. The topological polar surface area (TPSA) is 69.9 Å². The molecule has 1 N–H and O–H groups in total. The van der Waals surface area contributed by atoms with Crippen LogP contribution in [-0.4, -0.2) is 27.2 Å². The molecule has 0 saturated carbocycles. The third-order valence-corrected chi connectivity index (χ3v) is 4.34. The summed E-state index contributed by atoms with van der Waals surface area (Å²) in [5.41, 5.74) is 1.57. The van der Waals surface area contributed by atoms with Crippen LogP contribution < -0.4 is 19.5 Å². The number of carbonyl (C=O) groups excluding carboxylic acids is 1. The van der Waals surface area contributed by atoms with Crippen molar-refractivity contribution in [3.8, 4) is 17.2 Å². The molecule has 1 atom stereocenters. The molecule has 1 unspecified atom stereocenters. The second-order valence-electron chi connectivity index (χ2n) is 6.19. The van der Waals surface area contributed by atoms with Gasteiger partial charge < -0.3 is 23.9 Å². The number of rotatable bonds is 7. The summed E-state index contributed by atoms with van der Waals surface area (Å²) in [4.78, 5) is 12.5. The molecule has 1 heterocycles. The average Bonchev–Trinajstić information content (AvgIpc) is 3.11.